The summed E-state index contributed by atoms with van der Waals surface area (Å²) in [4.78, 5) is 50.2. The molecule has 2 amide bonds. The van der Waals surface area contributed by atoms with Crippen molar-refractivity contribution in [1.29, 1.82) is 5.41 Å². The average molecular weight is 519 g/mol. The van der Waals surface area contributed by atoms with E-state index >= 15 is 0 Å². The average Bonchev–Trinajstić information content (AvgIpc) is 2.94. The molecular formula is C27H26N4O7. The number of methoxy groups -OCH3 is 2. The number of hydrogen-bond acceptors (Lipinski definition) is 8. The van der Waals surface area contributed by atoms with Gasteiger partial charge in [-0.3, -0.25) is 19.8 Å². The predicted octanol–water partition coefficient (Wildman–Crippen LogP) is 2.55. The van der Waals surface area contributed by atoms with Gasteiger partial charge in [0.15, 0.2) is 6.79 Å². The normalized spacial score (nSPS) is 10.3. The number of nitrogen functional groups attached to an aromatic ring is 1. The second kappa shape index (κ2) is 12.8. The molecule has 0 atom stereocenters. The minimum atomic E-state index is -0.659. The second-order valence-corrected chi connectivity index (χ2v) is 7.85. The largest absolute Gasteiger partial charge is 0.468 e. The van der Waals surface area contributed by atoms with Crippen LogP contribution < -0.4 is 16.4 Å². The standard InChI is InChI=1S/C27H26N4O7/c1-36-15-38-27(35)21-6-4-3-5-19(21)20-12-9-17(25(33)30-14-23(32)37-2)13-22(20)26(34)31-18-10-7-16(8-11-18)24(28)29/h3-13H,14-15H2,1-2H3,(H3,28,29)(H,30,33)(H,31,34). The number of nitrogens with one attached hydrogen (secondary N) is 3. The highest BCUT2D eigenvalue weighted by atomic mass is 16.7. The van der Waals surface area contributed by atoms with Crippen LogP contribution in [0.1, 0.15) is 36.6 Å². The van der Waals surface area contributed by atoms with E-state index in [0.29, 0.717) is 22.4 Å². The molecule has 0 fully saturated rings. The molecule has 0 radical (unpaired) electrons. The van der Waals surface area contributed by atoms with Gasteiger partial charge in [0.05, 0.1) is 12.7 Å². The summed E-state index contributed by atoms with van der Waals surface area (Å²) in [5, 5.41) is 12.7. The van der Waals surface area contributed by atoms with Gasteiger partial charge in [-0.25, -0.2) is 4.79 Å². The van der Waals surface area contributed by atoms with Gasteiger partial charge in [0.2, 0.25) is 0 Å². The number of amidine groups is 1. The summed E-state index contributed by atoms with van der Waals surface area (Å²) in [7, 11) is 2.58. The van der Waals surface area contributed by atoms with Crippen LogP contribution in [0, 0.1) is 5.41 Å². The Morgan fingerprint density at radius 2 is 1.50 bits per heavy atom. The summed E-state index contributed by atoms with van der Waals surface area (Å²) < 4.78 is 14.4. The number of rotatable bonds is 10. The molecule has 0 aliphatic rings. The van der Waals surface area contributed by atoms with Gasteiger partial charge < -0.3 is 30.6 Å². The highest BCUT2D eigenvalue weighted by Crippen LogP contribution is 2.30. The molecule has 3 rings (SSSR count). The number of benzene rings is 3. The summed E-state index contributed by atoms with van der Waals surface area (Å²) in [5.41, 5.74) is 7.52. The zero-order chi connectivity index (χ0) is 27.7. The molecule has 0 aliphatic carbocycles. The van der Waals surface area contributed by atoms with E-state index in [1.165, 1.54) is 32.4 Å². The second-order valence-electron chi connectivity index (χ2n) is 7.85. The summed E-state index contributed by atoms with van der Waals surface area (Å²) >= 11 is 0. The minimum absolute atomic E-state index is 0.0818. The van der Waals surface area contributed by atoms with Crippen molar-refractivity contribution >= 4 is 35.3 Å². The highest BCUT2D eigenvalue weighted by molar-refractivity contribution is 6.12. The lowest BCUT2D eigenvalue weighted by atomic mass is 9.93. The molecule has 3 aromatic rings. The fraction of sp³-hybridized carbons (Fsp3) is 0.148. The lowest BCUT2D eigenvalue weighted by molar-refractivity contribution is -0.139. The van der Waals surface area contributed by atoms with E-state index in [2.05, 4.69) is 15.4 Å². The van der Waals surface area contributed by atoms with Crippen LogP contribution in [-0.2, 0) is 19.0 Å². The van der Waals surface area contributed by atoms with Crippen molar-refractivity contribution < 1.29 is 33.4 Å². The Labute approximate surface area is 218 Å². The molecule has 0 aliphatic heterocycles. The van der Waals surface area contributed by atoms with Crippen LogP contribution in [0.4, 0.5) is 5.69 Å². The van der Waals surface area contributed by atoms with E-state index in [4.69, 9.17) is 20.6 Å². The van der Waals surface area contributed by atoms with Crippen LogP contribution in [0.25, 0.3) is 11.1 Å². The lowest BCUT2D eigenvalue weighted by Crippen LogP contribution is -2.30. The number of ether oxygens (including phenoxy) is 3. The topological polar surface area (TPSA) is 170 Å². The van der Waals surface area contributed by atoms with Gasteiger partial charge in [-0.15, -0.1) is 0 Å². The van der Waals surface area contributed by atoms with E-state index in [0.717, 1.165) is 0 Å². The van der Waals surface area contributed by atoms with Crippen LogP contribution in [-0.4, -0.2) is 57.1 Å². The van der Waals surface area contributed by atoms with E-state index in [1.807, 2.05) is 0 Å². The zero-order valence-corrected chi connectivity index (χ0v) is 20.7. The van der Waals surface area contributed by atoms with Crippen LogP contribution in [0.5, 0.6) is 0 Å². The van der Waals surface area contributed by atoms with E-state index < -0.39 is 23.8 Å². The molecule has 11 heteroatoms. The van der Waals surface area contributed by atoms with Crippen LogP contribution in [0.3, 0.4) is 0 Å². The van der Waals surface area contributed by atoms with Crippen molar-refractivity contribution in [2.45, 2.75) is 0 Å². The first-order valence-electron chi connectivity index (χ1n) is 11.3. The molecule has 0 unspecified atom stereocenters. The third kappa shape index (κ3) is 6.80. The summed E-state index contributed by atoms with van der Waals surface area (Å²) in [6.45, 7) is -0.606. The van der Waals surface area contributed by atoms with Crippen LogP contribution >= 0.6 is 0 Å². The Morgan fingerprint density at radius 3 is 2.16 bits per heavy atom. The molecule has 3 aromatic carbocycles. The smallest absolute Gasteiger partial charge is 0.340 e. The molecule has 0 spiro atoms. The van der Waals surface area contributed by atoms with Crippen LogP contribution in [0.15, 0.2) is 66.7 Å². The Hall–Kier alpha value is -5.03. The van der Waals surface area contributed by atoms with Crippen molar-refractivity contribution in [2.24, 2.45) is 5.73 Å². The molecule has 5 N–H and O–H groups in total. The maximum Gasteiger partial charge on any atom is 0.340 e. The Bertz CT molecular complexity index is 1370. The predicted molar refractivity (Wildman–Crippen MR) is 139 cm³/mol. The number of anilines is 1. The maximum atomic E-state index is 13.4. The van der Waals surface area contributed by atoms with Gasteiger partial charge in [0.25, 0.3) is 11.8 Å². The SMILES string of the molecule is COCOC(=O)c1ccccc1-c1ccc(C(=O)NCC(=O)OC)cc1C(=O)Nc1ccc(C(=N)N)cc1. The van der Waals surface area contributed by atoms with Crippen molar-refractivity contribution in [3.05, 3.63) is 89.0 Å². The molecule has 0 aromatic heterocycles. The Morgan fingerprint density at radius 1 is 0.842 bits per heavy atom. The van der Waals surface area contributed by atoms with E-state index in [-0.39, 0.29) is 35.9 Å². The van der Waals surface area contributed by atoms with Crippen molar-refractivity contribution in [3.8, 4) is 11.1 Å². The van der Waals surface area contributed by atoms with Gasteiger partial charge in [-0.05, 0) is 53.6 Å². The molecule has 38 heavy (non-hydrogen) atoms. The van der Waals surface area contributed by atoms with Gasteiger partial charge in [0.1, 0.15) is 12.4 Å². The van der Waals surface area contributed by atoms with Gasteiger partial charge >= 0.3 is 11.9 Å². The summed E-state index contributed by atoms with van der Waals surface area (Å²) in [6, 6.07) is 17.2. The molecule has 0 saturated carbocycles. The third-order valence-corrected chi connectivity index (χ3v) is 5.35. The van der Waals surface area contributed by atoms with Gasteiger partial charge in [0, 0.05) is 29.5 Å². The number of esters is 2. The molecule has 0 saturated heterocycles. The fourth-order valence-electron chi connectivity index (χ4n) is 3.45. The van der Waals surface area contributed by atoms with Gasteiger partial charge in [-0.2, -0.15) is 0 Å². The number of carbonyl (C=O) groups is 4. The van der Waals surface area contributed by atoms with E-state index in [1.54, 1.807) is 48.5 Å². The first-order chi connectivity index (χ1) is 18.2. The Balaban J connectivity index is 2.04. The molecular weight excluding hydrogens is 492 g/mol. The maximum absolute atomic E-state index is 13.4. The number of carbonyl (C=O) groups excluding carboxylic acids is 4. The van der Waals surface area contributed by atoms with Crippen molar-refractivity contribution in [1.82, 2.24) is 5.32 Å². The molecule has 11 nitrogen and oxygen atoms in total. The minimum Gasteiger partial charge on any atom is -0.468 e. The molecule has 0 heterocycles. The van der Waals surface area contributed by atoms with Crippen LogP contribution in [0.2, 0.25) is 0 Å². The highest BCUT2D eigenvalue weighted by Gasteiger charge is 2.21. The van der Waals surface area contributed by atoms with Gasteiger partial charge in [-0.1, -0.05) is 24.3 Å². The lowest BCUT2D eigenvalue weighted by Gasteiger charge is -2.15. The Kier molecular flexibility index (Phi) is 9.27. The number of nitrogens with two attached hydrogens (primary N) is 1. The van der Waals surface area contributed by atoms with E-state index in [9.17, 15) is 19.2 Å². The first kappa shape index (κ1) is 27.6. The number of hydrogen-bond donors (Lipinski definition) is 4. The van der Waals surface area contributed by atoms with Crippen molar-refractivity contribution in [3.63, 3.8) is 0 Å². The van der Waals surface area contributed by atoms with Crippen molar-refractivity contribution in [2.75, 3.05) is 32.9 Å². The number of amides is 2. The molecule has 196 valence electrons. The zero-order valence-electron chi connectivity index (χ0n) is 20.7. The fourth-order valence-corrected chi connectivity index (χ4v) is 3.45. The monoisotopic (exact) mass is 518 g/mol. The molecule has 0 bridgehead atoms. The first-order valence-corrected chi connectivity index (χ1v) is 11.3. The third-order valence-electron chi connectivity index (χ3n) is 5.35. The quantitative estimate of drug-likeness (QED) is 0.137. The summed E-state index contributed by atoms with van der Waals surface area (Å²) in [5.74, 6) is -2.58. The summed E-state index contributed by atoms with van der Waals surface area (Å²) in [6.07, 6.45) is 0.